The minimum Gasteiger partial charge on any atom is -0.310 e. The van der Waals surface area contributed by atoms with Gasteiger partial charge >= 0.3 is 0 Å². The van der Waals surface area contributed by atoms with Gasteiger partial charge in [-0.25, -0.2) is 0 Å². The van der Waals surface area contributed by atoms with Gasteiger partial charge in [-0.3, -0.25) is 0 Å². The van der Waals surface area contributed by atoms with E-state index in [-0.39, 0.29) is 0 Å². The zero-order chi connectivity index (χ0) is 41.2. The Morgan fingerprint density at radius 3 is 1.79 bits per heavy atom. The van der Waals surface area contributed by atoms with Gasteiger partial charge in [0.05, 0.1) is 5.41 Å². The number of anilines is 3. The average Bonchev–Trinajstić information content (AvgIpc) is 3.72. The molecule has 63 heavy (non-hydrogen) atoms. The molecule has 0 aliphatic heterocycles. The van der Waals surface area contributed by atoms with E-state index in [0.29, 0.717) is 0 Å². The van der Waals surface area contributed by atoms with Gasteiger partial charge < -0.3 is 4.90 Å². The molecule has 1 heterocycles. The summed E-state index contributed by atoms with van der Waals surface area (Å²) < 4.78 is 2.60. The van der Waals surface area contributed by atoms with Crippen molar-refractivity contribution in [3.8, 4) is 33.4 Å². The van der Waals surface area contributed by atoms with Crippen molar-refractivity contribution < 1.29 is 0 Å². The first-order chi connectivity index (χ1) is 31.2. The molecule has 0 fully saturated rings. The van der Waals surface area contributed by atoms with Crippen molar-refractivity contribution in [3.63, 3.8) is 0 Å². The summed E-state index contributed by atoms with van der Waals surface area (Å²) in [6, 6.07) is 84.5. The normalized spacial score (nSPS) is 14.7. The molecule has 11 aromatic carbocycles. The number of thiophene rings is 1. The fourth-order valence-corrected chi connectivity index (χ4v) is 12.6. The van der Waals surface area contributed by atoms with Gasteiger partial charge in [0.2, 0.25) is 0 Å². The molecule has 0 saturated carbocycles. The summed E-state index contributed by atoms with van der Waals surface area (Å²) in [5.74, 6) is 0. The maximum atomic E-state index is 2.54. The zero-order valence-corrected chi connectivity index (χ0v) is 35.0. The van der Waals surface area contributed by atoms with Crippen LogP contribution in [0.15, 0.2) is 224 Å². The van der Waals surface area contributed by atoms with Gasteiger partial charge in [-0.15, -0.1) is 11.3 Å². The van der Waals surface area contributed by atoms with Crippen LogP contribution < -0.4 is 4.90 Å². The SMILES string of the molecule is c1ccc(-c2ccc3c4c(cccc24)C2(c4ccccc4-c4cccc5cccc2c45)c2cc(N(c4ccc5ccccc5c4)c4ccc5c(c4)sc4ccccc45)ccc2-3)cc1. The van der Waals surface area contributed by atoms with E-state index in [9.17, 15) is 0 Å². The number of rotatable bonds is 4. The van der Waals surface area contributed by atoms with Crippen molar-refractivity contribution in [3.05, 3.63) is 247 Å². The molecule has 0 radical (unpaired) electrons. The molecule has 0 saturated heterocycles. The van der Waals surface area contributed by atoms with Crippen molar-refractivity contribution in [1.82, 2.24) is 0 Å². The topological polar surface area (TPSA) is 3.24 Å². The standard InChI is InChI=1S/C61H37NS/c1-2-14-39(15-3-1)45-33-34-52-47-31-29-43(62(42-28-27-38-13-4-5-16-41(38)35-42)44-30-32-49-48-20-7-9-26-57(48)63-58(49)37-44)36-56(47)61(55-25-12-22-50(45)60(52)55)53-23-8-6-19-46(53)51-21-10-17-40-18-11-24-54(61)59(40)51/h1-37H. The Hall–Kier alpha value is -7.78. The van der Waals surface area contributed by atoms with Crippen LogP contribution in [-0.2, 0) is 5.41 Å². The predicted octanol–water partition coefficient (Wildman–Crippen LogP) is 17.0. The number of fused-ring (bicyclic) bond motifs is 12. The van der Waals surface area contributed by atoms with E-state index < -0.39 is 5.41 Å². The van der Waals surface area contributed by atoms with Crippen molar-refractivity contribution in [2.75, 3.05) is 4.90 Å². The van der Waals surface area contributed by atoms with E-state index >= 15 is 0 Å². The van der Waals surface area contributed by atoms with Gasteiger partial charge in [0, 0.05) is 37.2 Å². The zero-order valence-electron chi connectivity index (χ0n) is 34.2. The van der Waals surface area contributed by atoms with E-state index in [4.69, 9.17) is 0 Å². The van der Waals surface area contributed by atoms with Crippen LogP contribution in [-0.4, -0.2) is 0 Å². The van der Waals surface area contributed by atoms with Crippen LogP contribution in [0.4, 0.5) is 17.1 Å². The number of hydrogen-bond donors (Lipinski definition) is 0. The van der Waals surface area contributed by atoms with Crippen LogP contribution in [0.5, 0.6) is 0 Å². The third kappa shape index (κ3) is 4.82. The van der Waals surface area contributed by atoms with Crippen LogP contribution in [0.3, 0.4) is 0 Å². The number of nitrogens with zero attached hydrogens (tertiary/aromatic N) is 1. The van der Waals surface area contributed by atoms with E-state index in [1.807, 2.05) is 11.3 Å². The lowest BCUT2D eigenvalue weighted by Gasteiger charge is -2.46. The molecular formula is C61H37NS. The molecular weight excluding hydrogens is 779 g/mol. The Morgan fingerprint density at radius 1 is 0.302 bits per heavy atom. The largest absolute Gasteiger partial charge is 0.310 e. The summed E-state index contributed by atoms with van der Waals surface area (Å²) in [5, 5.41) is 10.3. The van der Waals surface area contributed by atoms with Gasteiger partial charge in [0.25, 0.3) is 0 Å². The minimum atomic E-state index is -0.623. The summed E-state index contributed by atoms with van der Waals surface area (Å²) >= 11 is 1.87. The van der Waals surface area contributed by atoms with Crippen LogP contribution in [0.2, 0.25) is 0 Å². The smallest absolute Gasteiger partial charge is 0.0726 e. The Bertz CT molecular complexity index is 3870. The van der Waals surface area contributed by atoms with Crippen molar-refractivity contribution in [2.24, 2.45) is 0 Å². The molecule has 0 amide bonds. The quantitative estimate of drug-likeness (QED) is 0.171. The second-order valence-electron chi connectivity index (χ2n) is 17.1. The third-order valence-electron chi connectivity index (χ3n) is 14.0. The highest BCUT2D eigenvalue weighted by molar-refractivity contribution is 7.25. The average molecular weight is 816 g/mol. The summed E-state index contributed by atoms with van der Waals surface area (Å²) in [7, 11) is 0. The molecule has 2 aliphatic rings. The minimum absolute atomic E-state index is 0.623. The van der Waals surface area contributed by atoms with E-state index in [1.54, 1.807) is 0 Å². The Kier molecular flexibility index (Phi) is 7.26. The maximum Gasteiger partial charge on any atom is 0.0726 e. The van der Waals surface area contributed by atoms with Gasteiger partial charge in [-0.05, 0) is 130 Å². The highest BCUT2D eigenvalue weighted by Crippen LogP contribution is 2.62. The number of hydrogen-bond acceptors (Lipinski definition) is 2. The molecule has 12 aromatic rings. The molecule has 1 atom stereocenters. The first kappa shape index (κ1) is 34.9. The Balaban J connectivity index is 1.11. The van der Waals surface area contributed by atoms with Gasteiger partial charge in [0.1, 0.15) is 0 Å². The van der Waals surface area contributed by atoms with Gasteiger partial charge in [-0.2, -0.15) is 0 Å². The molecule has 1 spiro atoms. The van der Waals surface area contributed by atoms with E-state index in [2.05, 4.69) is 229 Å². The maximum absolute atomic E-state index is 2.54. The highest BCUT2D eigenvalue weighted by Gasteiger charge is 2.49. The Labute approximate surface area is 369 Å². The lowest BCUT2D eigenvalue weighted by molar-refractivity contribution is 0.754. The lowest BCUT2D eigenvalue weighted by Crippen LogP contribution is -2.36. The van der Waals surface area contributed by atoms with E-state index in [0.717, 1.165) is 17.1 Å². The molecule has 14 rings (SSSR count). The van der Waals surface area contributed by atoms with Crippen LogP contribution in [0.25, 0.3) is 85.9 Å². The molecule has 0 bridgehead atoms. The van der Waals surface area contributed by atoms with Crippen LogP contribution in [0, 0.1) is 0 Å². The molecule has 1 aromatic heterocycles. The molecule has 292 valence electrons. The summed E-state index contributed by atoms with van der Waals surface area (Å²) in [4.78, 5) is 2.49. The van der Waals surface area contributed by atoms with Gasteiger partial charge in [-0.1, -0.05) is 182 Å². The highest BCUT2D eigenvalue weighted by atomic mass is 32.1. The summed E-state index contributed by atoms with van der Waals surface area (Å²) in [6.07, 6.45) is 0. The predicted molar refractivity (Wildman–Crippen MR) is 268 cm³/mol. The Morgan fingerprint density at radius 2 is 0.873 bits per heavy atom. The fourth-order valence-electron chi connectivity index (χ4n) is 11.4. The third-order valence-corrected chi connectivity index (χ3v) is 15.2. The van der Waals surface area contributed by atoms with E-state index in [1.165, 1.54) is 108 Å². The van der Waals surface area contributed by atoms with Crippen LogP contribution >= 0.6 is 11.3 Å². The molecule has 0 N–H and O–H groups in total. The first-order valence-corrected chi connectivity index (χ1v) is 22.6. The molecule has 2 aliphatic carbocycles. The monoisotopic (exact) mass is 815 g/mol. The summed E-state index contributed by atoms with van der Waals surface area (Å²) in [5.41, 5.74) is 15.7. The first-order valence-electron chi connectivity index (χ1n) is 21.8. The van der Waals surface area contributed by atoms with Crippen LogP contribution in [0.1, 0.15) is 22.3 Å². The summed E-state index contributed by atoms with van der Waals surface area (Å²) in [6.45, 7) is 0. The second kappa shape index (κ2) is 13.1. The number of benzene rings is 11. The second-order valence-corrected chi connectivity index (χ2v) is 18.2. The molecule has 1 unspecified atom stereocenters. The molecule has 2 heteroatoms. The lowest BCUT2D eigenvalue weighted by atomic mass is 9.55. The van der Waals surface area contributed by atoms with Crippen molar-refractivity contribution in [1.29, 1.82) is 0 Å². The van der Waals surface area contributed by atoms with Crippen molar-refractivity contribution >= 4 is 80.9 Å². The fraction of sp³-hybridized carbons (Fsp3) is 0.0164. The van der Waals surface area contributed by atoms with Crippen molar-refractivity contribution in [2.45, 2.75) is 5.41 Å². The van der Waals surface area contributed by atoms with Gasteiger partial charge in [0.15, 0.2) is 0 Å². The molecule has 1 nitrogen and oxygen atoms in total.